The van der Waals surface area contributed by atoms with Crippen molar-refractivity contribution >= 4 is 0 Å². The third-order valence-corrected chi connectivity index (χ3v) is 3.10. The zero-order chi connectivity index (χ0) is 8.55. The molecular weight excluding hydrogens is 148 g/mol. The molecule has 66 valence electrons. The van der Waals surface area contributed by atoms with Gasteiger partial charge in [0.15, 0.2) is 0 Å². The Labute approximate surface area is 74.1 Å². The topological polar surface area (TPSA) is 9.23 Å². The molecule has 1 aliphatic carbocycles. The van der Waals surface area contributed by atoms with Crippen molar-refractivity contribution < 1.29 is 4.74 Å². The summed E-state index contributed by atoms with van der Waals surface area (Å²) in [5.74, 6) is 1.31. The largest absolute Gasteiger partial charge is 0.377 e. The summed E-state index contributed by atoms with van der Waals surface area (Å²) >= 11 is 0. The van der Waals surface area contributed by atoms with E-state index in [-0.39, 0.29) is 0 Å². The lowest BCUT2D eigenvalue weighted by atomic mass is 9.81. The first-order chi connectivity index (χ1) is 5.79. The van der Waals surface area contributed by atoms with Crippen molar-refractivity contribution in [3.63, 3.8) is 0 Å². The van der Waals surface area contributed by atoms with Crippen LogP contribution in [-0.2, 0) is 4.74 Å². The summed E-state index contributed by atoms with van der Waals surface area (Å²) in [5, 5.41) is 0. The summed E-state index contributed by atoms with van der Waals surface area (Å²) in [6.45, 7) is 6.29. The van der Waals surface area contributed by atoms with E-state index >= 15 is 0 Å². The van der Waals surface area contributed by atoms with Gasteiger partial charge in [0.1, 0.15) is 0 Å². The predicted molar refractivity (Wildman–Crippen MR) is 49.9 cm³/mol. The molecular formula is C11H16O. The van der Waals surface area contributed by atoms with Gasteiger partial charge < -0.3 is 4.74 Å². The van der Waals surface area contributed by atoms with Gasteiger partial charge in [0.2, 0.25) is 0 Å². The van der Waals surface area contributed by atoms with Crippen LogP contribution in [0.4, 0.5) is 0 Å². The van der Waals surface area contributed by atoms with E-state index in [4.69, 9.17) is 4.74 Å². The average Bonchev–Trinajstić information content (AvgIpc) is 2.12. The van der Waals surface area contributed by atoms with Crippen LogP contribution in [0.1, 0.15) is 20.3 Å². The molecule has 0 amide bonds. The van der Waals surface area contributed by atoms with E-state index in [0.29, 0.717) is 11.8 Å². The highest BCUT2D eigenvalue weighted by atomic mass is 16.5. The number of fused-ring (bicyclic) bond motifs is 1. The van der Waals surface area contributed by atoms with Crippen LogP contribution in [-0.4, -0.2) is 13.2 Å². The Morgan fingerprint density at radius 3 is 3.08 bits per heavy atom. The molecule has 1 aliphatic heterocycles. The maximum atomic E-state index is 5.47. The van der Waals surface area contributed by atoms with Crippen LogP contribution in [0.3, 0.4) is 0 Å². The summed E-state index contributed by atoms with van der Waals surface area (Å²) in [7, 11) is 0. The van der Waals surface area contributed by atoms with Crippen LogP contribution >= 0.6 is 0 Å². The van der Waals surface area contributed by atoms with Crippen molar-refractivity contribution in [2.45, 2.75) is 20.3 Å². The fourth-order valence-corrected chi connectivity index (χ4v) is 2.03. The minimum Gasteiger partial charge on any atom is -0.377 e. The minimum absolute atomic E-state index is 0.623. The van der Waals surface area contributed by atoms with Crippen molar-refractivity contribution in [2.24, 2.45) is 11.8 Å². The van der Waals surface area contributed by atoms with Crippen LogP contribution in [0.25, 0.3) is 0 Å². The zero-order valence-electron chi connectivity index (χ0n) is 7.84. The number of hydrogen-bond donors (Lipinski definition) is 0. The molecule has 1 nitrogen and oxygen atoms in total. The van der Waals surface area contributed by atoms with E-state index in [1.165, 1.54) is 17.6 Å². The van der Waals surface area contributed by atoms with Crippen LogP contribution in [0.2, 0.25) is 0 Å². The molecule has 1 saturated heterocycles. The van der Waals surface area contributed by atoms with Gasteiger partial charge in [-0.05, 0) is 24.8 Å². The molecule has 0 saturated carbocycles. The van der Waals surface area contributed by atoms with Crippen LogP contribution in [0, 0.1) is 11.8 Å². The molecule has 2 unspecified atom stereocenters. The molecule has 2 atom stereocenters. The van der Waals surface area contributed by atoms with Gasteiger partial charge >= 0.3 is 0 Å². The van der Waals surface area contributed by atoms with Crippen molar-refractivity contribution in [1.82, 2.24) is 0 Å². The smallest absolute Gasteiger partial charge is 0.0685 e. The molecule has 1 heteroatoms. The molecule has 0 aromatic heterocycles. The molecule has 0 N–H and O–H groups in total. The molecule has 0 radical (unpaired) electrons. The number of allylic oxidation sites excluding steroid dienone is 3. The second-order valence-electron chi connectivity index (χ2n) is 3.83. The highest BCUT2D eigenvalue weighted by molar-refractivity contribution is 5.30. The summed E-state index contributed by atoms with van der Waals surface area (Å²) in [6, 6.07) is 0. The molecule has 2 rings (SSSR count). The van der Waals surface area contributed by atoms with Gasteiger partial charge in [0, 0.05) is 12.5 Å². The maximum Gasteiger partial charge on any atom is 0.0685 e. The first kappa shape index (κ1) is 8.06. The van der Waals surface area contributed by atoms with E-state index in [1.54, 1.807) is 0 Å². The normalized spacial score (nSPS) is 35.2. The number of hydrogen-bond acceptors (Lipinski definition) is 1. The summed E-state index contributed by atoms with van der Waals surface area (Å²) in [4.78, 5) is 0. The predicted octanol–water partition coefficient (Wildman–Crippen LogP) is 2.55. The van der Waals surface area contributed by atoms with Crippen molar-refractivity contribution in [2.75, 3.05) is 13.2 Å². The highest BCUT2D eigenvalue weighted by Gasteiger charge is 2.23. The Balaban J connectivity index is 2.27. The van der Waals surface area contributed by atoms with Gasteiger partial charge in [0.25, 0.3) is 0 Å². The van der Waals surface area contributed by atoms with Crippen molar-refractivity contribution in [1.29, 1.82) is 0 Å². The fourth-order valence-electron chi connectivity index (χ4n) is 2.03. The molecule has 0 aromatic carbocycles. The summed E-state index contributed by atoms with van der Waals surface area (Å²) in [6.07, 6.45) is 5.86. The second-order valence-corrected chi connectivity index (χ2v) is 3.83. The molecule has 12 heavy (non-hydrogen) atoms. The Hall–Kier alpha value is -0.560. The van der Waals surface area contributed by atoms with Gasteiger partial charge in [-0.1, -0.05) is 24.6 Å². The Bertz CT molecular complexity index is 237. The monoisotopic (exact) mass is 164 g/mol. The SMILES string of the molecule is CC1=C2COCCC2C=CC1C. The van der Waals surface area contributed by atoms with Gasteiger partial charge in [-0.15, -0.1) is 0 Å². The zero-order valence-corrected chi connectivity index (χ0v) is 7.84. The molecule has 1 heterocycles. The quantitative estimate of drug-likeness (QED) is 0.500. The Morgan fingerprint density at radius 1 is 1.42 bits per heavy atom. The lowest BCUT2D eigenvalue weighted by molar-refractivity contribution is 0.114. The standard InChI is InChI=1S/C11H16O/c1-8-3-4-10-5-6-12-7-11(10)9(8)2/h3-4,8,10H,5-7H2,1-2H3. The maximum absolute atomic E-state index is 5.47. The van der Waals surface area contributed by atoms with E-state index < -0.39 is 0 Å². The van der Waals surface area contributed by atoms with Gasteiger partial charge in [-0.2, -0.15) is 0 Å². The van der Waals surface area contributed by atoms with E-state index in [2.05, 4.69) is 26.0 Å². The van der Waals surface area contributed by atoms with Gasteiger partial charge in [0.05, 0.1) is 6.61 Å². The number of ether oxygens (including phenoxy) is 1. The number of rotatable bonds is 0. The van der Waals surface area contributed by atoms with Crippen LogP contribution < -0.4 is 0 Å². The Morgan fingerprint density at radius 2 is 2.25 bits per heavy atom. The molecule has 0 aromatic rings. The fraction of sp³-hybridized carbons (Fsp3) is 0.636. The van der Waals surface area contributed by atoms with E-state index in [0.717, 1.165) is 13.2 Å². The highest BCUT2D eigenvalue weighted by Crippen LogP contribution is 2.33. The minimum atomic E-state index is 0.623. The summed E-state index contributed by atoms with van der Waals surface area (Å²) in [5.41, 5.74) is 3.07. The van der Waals surface area contributed by atoms with Gasteiger partial charge in [-0.25, -0.2) is 0 Å². The van der Waals surface area contributed by atoms with Gasteiger partial charge in [-0.3, -0.25) is 0 Å². The van der Waals surface area contributed by atoms with E-state index in [9.17, 15) is 0 Å². The first-order valence-corrected chi connectivity index (χ1v) is 4.74. The third-order valence-electron chi connectivity index (χ3n) is 3.10. The van der Waals surface area contributed by atoms with Crippen molar-refractivity contribution in [3.8, 4) is 0 Å². The van der Waals surface area contributed by atoms with E-state index in [1.807, 2.05) is 0 Å². The van der Waals surface area contributed by atoms with Crippen molar-refractivity contribution in [3.05, 3.63) is 23.3 Å². The van der Waals surface area contributed by atoms with Crippen LogP contribution in [0.15, 0.2) is 23.3 Å². The van der Waals surface area contributed by atoms with Crippen LogP contribution in [0.5, 0.6) is 0 Å². The first-order valence-electron chi connectivity index (χ1n) is 4.74. The lowest BCUT2D eigenvalue weighted by Gasteiger charge is -2.30. The molecule has 1 fully saturated rings. The summed E-state index contributed by atoms with van der Waals surface area (Å²) < 4.78 is 5.47. The molecule has 2 aliphatic rings. The molecule has 0 spiro atoms. The average molecular weight is 164 g/mol. The Kier molecular flexibility index (Phi) is 2.05. The lowest BCUT2D eigenvalue weighted by Crippen LogP contribution is -2.22. The third kappa shape index (κ3) is 1.22. The second kappa shape index (κ2) is 3.06. The molecule has 0 bridgehead atoms.